The summed E-state index contributed by atoms with van der Waals surface area (Å²) in [6, 6.07) is 21.9. The second kappa shape index (κ2) is 9.85. The first kappa shape index (κ1) is 19.8. The summed E-state index contributed by atoms with van der Waals surface area (Å²) in [7, 11) is 3.23. The van der Waals surface area contributed by atoms with Gasteiger partial charge in [-0.25, -0.2) is 5.43 Å². The highest BCUT2D eigenvalue weighted by Crippen LogP contribution is 2.19. The van der Waals surface area contributed by atoms with Gasteiger partial charge in [0.1, 0.15) is 11.5 Å². The van der Waals surface area contributed by atoms with Crippen molar-refractivity contribution in [2.24, 2.45) is 10.1 Å². The number of rotatable bonds is 7. The fraction of sp³-hybridized carbons (Fsp3) is 0.0870. The molecule has 0 fully saturated rings. The van der Waals surface area contributed by atoms with Gasteiger partial charge in [-0.1, -0.05) is 12.1 Å². The summed E-state index contributed by atoms with van der Waals surface area (Å²) in [5.74, 6) is 1.20. The Labute approximate surface area is 169 Å². The number of nitrogens with one attached hydrogen (secondary N) is 1. The predicted octanol–water partition coefficient (Wildman–Crippen LogP) is 4.22. The summed E-state index contributed by atoms with van der Waals surface area (Å²) in [6.07, 6.45) is 3.27. The fourth-order valence-electron chi connectivity index (χ4n) is 2.53. The molecule has 0 radical (unpaired) electrons. The molecule has 3 aromatic rings. The van der Waals surface area contributed by atoms with Gasteiger partial charge in [0.15, 0.2) is 0 Å². The number of ether oxygens (including phenoxy) is 2. The summed E-state index contributed by atoms with van der Waals surface area (Å²) >= 11 is 0. The van der Waals surface area contributed by atoms with E-state index in [0.717, 1.165) is 22.6 Å². The molecule has 6 heteroatoms. The van der Waals surface area contributed by atoms with Crippen LogP contribution < -0.4 is 14.9 Å². The van der Waals surface area contributed by atoms with Crippen molar-refractivity contribution in [1.82, 2.24) is 5.43 Å². The van der Waals surface area contributed by atoms with Crippen LogP contribution in [0.4, 0.5) is 5.69 Å². The molecule has 0 heterocycles. The van der Waals surface area contributed by atoms with Gasteiger partial charge in [0.25, 0.3) is 5.91 Å². The number of aliphatic imine (C=N–C) groups is 1. The van der Waals surface area contributed by atoms with Crippen molar-refractivity contribution in [1.29, 1.82) is 0 Å². The van der Waals surface area contributed by atoms with Gasteiger partial charge in [-0.2, -0.15) is 5.10 Å². The molecule has 0 saturated carbocycles. The number of hydrogen-bond acceptors (Lipinski definition) is 5. The lowest BCUT2D eigenvalue weighted by Crippen LogP contribution is -2.17. The standard InChI is InChI=1S/C23H21N3O3/c1-28-19-11-7-17(8-12-19)15-24-22-6-4-3-5-21(22)23(27)26-25-16-18-9-13-20(29-2)14-10-18/h3-16H,1-2H3,(H,26,27)/b24-15?,25-16-. The molecule has 0 unspecified atom stereocenters. The molecule has 1 amide bonds. The average molecular weight is 387 g/mol. The molecule has 0 aromatic heterocycles. The number of nitrogens with zero attached hydrogens (tertiary/aromatic N) is 2. The highest BCUT2D eigenvalue weighted by molar-refractivity contribution is 6.00. The molecular weight excluding hydrogens is 366 g/mol. The van der Waals surface area contributed by atoms with Gasteiger partial charge >= 0.3 is 0 Å². The molecule has 146 valence electrons. The first-order valence-corrected chi connectivity index (χ1v) is 8.94. The molecule has 0 aliphatic carbocycles. The van der Waals surface area contributed by atoms with E-state index in [1.54, 1.807) is 44.8 Å². The van der Waals surface area contributed by atoms with Crippen molar-refractivity contribution in [3.05, 3.63) is 89.5 Å². The molecular formula is C23H21N3O3. The summed E-state index contributed by atoms with van der Waals surface area (Å²) in [4.78, 5) is 17.0. The van der Waals surface area contributed by atoms with Gasteiger partial charge in [-0.05, 0) is 71.8 Å². The van der Waals surface area contributed by atoms with Crippen molar-refractivity contribution >= 4 is 24.0 Å². The number of methoxy groups -OCH3 is 2. The van der Waals surface area contributed by atoms with Crippen LogP contribution in [0, 0.1) is 0 Å². The van der Waals surface area contributed by atoms with E-state index in [9.17, 15) is 4.79 Å². The Morgan fingerprint density at radius 2 is 1.34 bits per heavy atom. The zero-order chi connectivity index (χ0) is 20.5. The summed E-state index contributed by atoms with van der Waals surface area (Å²) in [5, 5.41) is 4.02. The Balaban J connectivity index is 1.68. The zero-order valence-corrected chi connectivity index (χ0v) is 16.2. The van der Waals surface area contributed by atoms with Gasteiger partial charge in [0.2, 0.25) is 0 Å². The number of carbonyl (C=O) groups is 1. The molecule has 0 atom stereocenters. The molecule has 0 bridgehead atoms. The highest BCUT2D eigenvalue weighted by Gasteiger charge is 2.09. The van der Waals surface area contributed by atoms with Crippen LogP contribution in [0.5, 0.6) is 11.5 Å². The maximum atomic E-state index is 12.5. The van der Waals surface area contributed by atoms with Crippen molar-refractivity contribution in [2.75, 3.05) is 14.2 Å². The summed E-state index contributed by atoms with van der Waals surface area (Å²) in [5.41, 5.74) is 5.27. The number of hydrazone groups is 1. The van der Waals surface area contributed by atoms with Crippen LogP contribution in [0.25, 0.3) is 0 Å². The first-order valence-electron chi connectivity index (χ1n) is 8.94. The second-order valence-electron chi connectivity index (χ2n) is 6.02. The minimum atomic E-state index is -0.336. The topological polar surface area (TPSA) is 72.3 Å². The number of carbonyl (C=O) groups excluding carboxylic acids is 1. The van der Waals surface area contributed by atoms with Gasteiger partial charge in [0.05, 0.1) is 31.7 Å². The third-order valence-electron chi connectivity index (χ3n) is 4.11. The maximum Gasteiger partial charge on any atom is 0.273 e. The van der Waals surface area contributed by atoms with Crippen molar-refractivity contribution in [2.45, 2.75) is 0 Å². The van der Waals surface area contributed by atoms with Gasteiger partial charge in [0, 0.05) is 6.21 Å². The molecule has 0 aliphatic rings. The van der Waals surface area contributed by atoms with Gasteiger partial charge in [-0.15, -0.1) is 0 Å². The third-order valence-corrected chi connectivity index (χ3v) is 4.11. The molecule has 0 aliphatic heterocycles. The van der Waals surface area contributed by atoms with E-state index in [-0.39, 0.29) is 5.91 Å². The van der Waals surface area contributed by atoms with Crippen LogP contribution in [0.2, 0.25) is 0 Å². The molecule has 3 aromatic carbocycles. The van der Waals surface area contributed by atoms with Crippen LogP contribution in [-0.4, -0.2) is 32.6 Å². The van der Waals surface area contributed by atoms with E-state index in [1.807, 2.05) is 54.6 Å². The third kappa shape index (κ3) is 5.52. The van der Waals surface area contributed by atoms with E-state index in [0.29, 0.717) is 11.3 Å². The van der Waals surface area contributed by atoms with Crippen LogP contribution in [0.15, 0.2) is 82.9 Å². The number of para-hydroxylation sites is 1. The Bertz CT molecular complexity index is 1010. The van der Waals surface area contributed by atoms with Gasteiger partial charge < -0.3 is 9.47 Å². The van der Waals surface area contributed by atoms with Crippen LogP contribution in [0.3, 0.4) is 0 Å². The Kier molecular flexibility index (Phi) is 6.73. The van der Waals surface area contributed by atoms with E-state index in [4.69, 9.17) is 9.47 Å². The monoisotopic (exact) mass is 387 g/mol. The number of amides is 1. The van der Waals surface area contributed by atoms with E-state index < -0.39 is 0 Å². The normalized spacial score (nSPS) is 11.0. The Morgan fingerprint density at radius 3 is 1.93 bits per heavy atom. The average Bonchev–Trinajstić information content (AvgIpc) is 2.78. The van der Waals surface area contributed by atoms with E-state index in [1.165, 1.54) is 0 Å². The van der Waals surface area contributed by atoms with Crippen molar-refractivity contribution < 1.29 is 14.3 Å². The van der Waals surface area contributed by atoms with Crippen molar-refractivity contribution in [3.63, 3.8) is 0 Å². The lowest BCUT2D eigenvalue weighted by Gasteiger charge is -2.04. The minimum Gasteiger partial charge on any atom is -0.497 e. The summed E-state index contributed by atoms with van der Waals surface area (Å²) in [6.45, 7) is 0. The second-order valence-corrected chi connectivity index (χ2v) is 6.02. The van der Waals surface area contributed by atoms with Crippen LogP contribution >= 0.6 is 0 Å². The first-order chi connectivity index (χ1) is 14.2. The largest absolute Gasteiger partial charge is 0.497 e. The highest BCUT2D eigenvalue weighted by atomic mass is 16.5. The molecule has 0 saturated heterocycles. The Morgan fingerprint density at radius 1 is 0.793 bits per heavy atom. The van der Waals surface area contributed by atoms with E-state index in [2.05, 4.69) is 15.5 Å². The molecule has 1 N–H and O–H groups in total. The Hall–Kier alpha value is -3.93. The minimum absolute atomic E-state index is 0.336. The van der Waals surface area contributed by atoms with E-state index >= 15 is 0 Å². The quantitative estimate of drug-likeness (QED) is 0.487. The lowest BCUT2D eigenvalue weighted by molar-refractivity contribution is 0.0956. The number of benzene rings is 3. The lowest BCUT2D eigenvalue weighted by atomic mass is 10.1. The molecule has 3 rings (SSSR count). The zero-order valence-electron chi connectivity index (χ0n) is 16.2. The molecule has 6 nitrogen and oxygen atoms in total. The SMILES string of the molecule is COc1ccc(C=Nc2ccccc2C(=O)N/N=C\c2ccc(OC)cc2)cc1. The van der Waals surface area contributed by atoms with Crippen molar-refractivity contribution in [3.8, 4) is 11.5 Å². The maximum absolute atomic E-state index is 12.5. The van der Waals surface area contributed by atoms with Crippen LogP contribution in [0.1, 0.15) is 21.5 Å². The predicted molar refractivity (Wildman–Crippen MR) is 115 cm³/mol. The number of hydrogen-bond donors (Lipinski definition) is 1. The summed E-state index contributed by atoms with van der Waals surface area (Å²) < 4.78 is 10.3. The fourth-order valence-corrected chi connectivity index (χ4v) is 2.53. The molecule has 29 heavy (non-hydrogen) atoms. The smallest absolute Gasteiger partial charge is 0.273 e. The van der Waals surface area contributed by atoms with Crippen LogP contribution in [-0.2, 0) is 0 Å². The van der Waals surface area contributed by atoms with Gasteiger partial charge in [-0.3, -0.25) is 9.79 Å². The molecule has 0 spiro atoms.